The van der Waals surface area contributed by atoms with Crippen LogP contribution in [-0.2, 0) is 35.7 Å². The zero-order valence-corrected chi connectivity index (χ0v) is 20.1. The fourth-order valence-electron chi connectivity index (χ4n) is 4.16. The summed E-state index contributed by atoms with van der Waals surface area (Å²) in [4.78, 5) is 13.3. The van der Waals surface area contributed by atoms with Gasteiger partial charge in [-0.3, -0.25) is 9.48 Å². The molecule has 2 aromatic carbocycles. The van der Waals surface area contributed by atoms with Crippen molar-refractivity contribution in [3.05, 3.63) is 82.7 Å². The van der Waals surface area contributed by atoms with Crippen LogP contribution in [0.25, 0.3) is 0 Å². The zero-order chi connectivity index (χ0) is 23.8. The van der Waals surface area contributed by atoms with Crippen molar-refractivity contribution in [1.29, 1.82) is 0 Å². The van der Waals surface area contributed by atoms with Crippen molar-refractivity contribution in [1.82, 2.24) is 15.0 Å². The summed E-state index contributed by atoms with van der Waals surface area (Å²) in [6.45, 7) is 9.03. The second-order valence-corrected chi connectivity index (χ2v) is 9.19. The van der Waals surface area contributed by atoms with E-state index in [1.807, 2.05) is 74.1 Å². The molecule has 176 valence electrons. The van der Waals surface area contributed by atoms with Crippen LogP contribution in [0.1, 0.15) is 67.5 Å². The molecule has 0 radical (unpaired) electrons. The number of carbonyl (C=O) groups is 1. The fourth-order valence-corrected chi connectivity index (χ4v) is 4.16. The topological polar surface area (TPSA) is 77.2 Å². The van der Waals surface area contributed by atoms with E-state index in [0.29, 0.717) is 12.8 Å². The van der Waals surface area contributed by atoms with Gasteiger partial charge in [0.15, 0.2) is 0 Å². The van der Waals surface area contributed by atoms with Crippen LogP contribution in [-0.4, -0.2) is 26.1 Å². The molecule has 0 aliphatic rings. The number of hydrogen-bond acceptors (Lipinski definition) is 5. The number of esters is 1. The van der Waals surface area contributed by atoms with E-state index in [1.54, 1.807) is 0 Å². The molecule has 3 aromatic rings. The molecule has 1 aromatic heterocycles. The number of aryl methyl sites for hydroxylation is 3. The van der Waals surface area contributed by atoms with Crippen molar-refractivity contribution < 1.29 is 14.6 Å². The second-order valence-electron chi connectivity index (χ2n) is 9.19. The lowest BCUT2D eigenvalue weighted by Crippen LogP contribution is -2.34. The number of aliphatic hydroxyl groups excluding tert-OH is 1. The van der Waals surface area contributed by atoms with Crippen LogP contribution in [0.15, 0.2) is 54.7 Å². The number of rotatable bonds is 11. The molecule has 0 unspecified atom stereocenters. The zero-order valence-electron chi connectivity index (χ0n) is 20.1. The summed E-state index contributed by atoms with van der Waals surface area (Å²) < 4.78 is 7.60. The molecule has 6 heteroatoms. The molecular formula is C27H35N3O3. The summed E-state index contributed by atoms with van der Waals surface area (Å²) in [5.41, 5.74) is 4.04. The van der Waals surface area contributed by atoms with Gasteiger partial charge in [-0.1, -0.05) is 60.7 Å². The van der Waals surface area contributed by atoms with Gasteiger partial charge in [-0.15, -0.1) is 5.10 Å². The highest BCUT2D eigenvalue weighted by Gasteiger charge is 2.39. The molecule has 1 atom stereocenters. The summed E-state index contributed by atoms with van der Waals surface area (Å²) in [7, 11) is 0. The molecule has 6 nitrogen and oxygen atoms in total. The quantitative estimate of drug-likeness (QED) is 0.418. The van der Waals surface area contributed by atoms with Gasteiger partial charge in [-0.2, -0.15) is 0 Å². The van der Waals surface area contributed by atoms with Crippen LogP contribution >= 0.6 is 0 Å². The van der Waals surface area contributed by atoms with Crippen LogP contribution < -0.4 is 0 Å². The Morgan fingerprint density at radius 3 is 2.64 bits per heavy atom. The van der Waals surface area contributed by atoms with Gasteiger partial charge in [0, 0.05) is 12.7 Å². The molecule has 0 amide bonds. The van der Waals surface area contributed by atoms with E-state index in [1.165, 1.54) is 0 Å². The van der Waals surface area contributed by atoms with Crippen LogP contribution in [0.2, 0.25) is 0 Å². The monoisotopic (exact) mass is 449 g/mol. The van der Waals surface area contributed by atoms with Crippen molar-refractivity contribution in [3.63, 3.8) is 0 Å². The number of aliphatic hydroxyl groups is 1. The molecular weight excluding hydrogens is 414 g/mol. The minimum Gasteiger partial charge on any atom is -0.460 e. The average Bonchev–Trinajstić information content (AvgIpc) is 3.26. The molecule has 1 N–H and O–H groups in total. The molecule has 0 aliphatic heterocycles. The van der Waals surface area contributed by atoms with Crippen molar-refractivity contribution in [3.8, 4) is 0 Å². The van der Waals surface area contributed by atoms with E-state index < -0.39 is 5.41 Å². The highest BCUT2D eigenvalue weighted by Crippen LogP contribution is 2.41. The van der Waals surface area contributed by atoms with E-state index in [0.717, 1.165) is 40.9 Å². The van der Waals surface area contributed by atoms with Gasteiger partial charge >= 0.3 is 5.97 Å². The molecule has 0 spiro atoms. The summed E-state index contributed by atoms with van der Waals surface area (Å²) >= 11 is 0. The third-order valence-electron chi connectivity index (χ3n) is 6.28. The number of ether oxygens (including phenoxy) is 1. The summed E-state index contributed by atoms with van der Waals surface area (Å²) in [6, 6.07) is 15.8. The molecule has 0 aliphatic carbocycles. The molecule has 33 heavy (non-hydrogen) atoms. The van der Waals surface area contributed by atoms with Crippen molar-refractivity contribution in [2.75, 3.05) is 0 Å². The summed E-state index contributed by atoms with van der Waals surface area (Å²) in [5.74, 6) is -0.347. The summed E-state index contributed by atoms with van der Waals surface area (Å²) in [6.07, 6.45) is 4.40. The van der Waals surface area contributed by atoms with E-state index in [9.17, 15) is 9.90 Å². The highest BCUT2D eigenvalue weighted by molar-refractivity contribution is 5.77. The SMILES string of the molecule is CCCn1cc(CC[C@H](c2ccc(C)c(CO)c2)C(C)(C)C(=O)OCc2ccccc2)nn1. The Labute approximate surface area is 196 Å². The lowest BCUT2D eigenvalue weighted by molar-refractivity contribution is -0.156. The van der Waals surface area contributed by atoms with Crippen LogP contribution in [0, 0.1) is 12.3 Å². The smallest absolute Gasteiger partial charge is 0.312 e. The van der Waals surface area contributed by atoms with Gasteiger partial charge in [-0.25, -0.2) is 0 Å². The van der Waals surface area contributed by atoms with E-state index in [4.69, 9.17) is 4.74 Å². The van der Waals surface area contributed by atoms with Gasteiger partial charge < -0.3 is 9.84 Å². The molecule has 0 fully saturated rings. The van der Waals surface area contributed by atoms with Crippen LogP contribution in [0.4, 0.5) is 0 Å². The average molecular weight is 450 g/mol. The predicted octanol–water partition coefficient (Wildman–Crippen LogP) is 4.97. The van der Waals surface area contributed by atoms with Crippen LogP contribution in [0.3, 0.4) is 0 Å². The number of hydrogen-bond donors (Lipinski definition) is 1. The Morgan fingerprint density at radius 1 is 1.18 bits per heavy atom. The first-order valence-corrected chi connectivity index (χ1v) is 11.7. The minimum atomic E-state index is -0.768. The Kier molecular flexibility index (Phi) is 8.39. The van der Waals surface area contributed by atoms with Gasteiger partial charge in [0.25, 0.3) is 0 Å². The standard InChI is InChI=1S/C27H35N3O3/c1-5-15-30-17-24(28-29-30)13-14-25(22-12-11-20(2)23(16-22)18-31)27(3,4)26(32)33-19-21-9-7-6-8-10-21/h6-12,16-17,25,31H,5,13-15,18-19H2,1-4H3/t25-/m1/s1. The number of aromatic nitrogens is 3. The Morgan fingerprint density at radius 2 is 1.94 bits per heavy atom. The van der Waals surface area contributed by atoms with E-state index in [-0.39, 0.29) is 25.1 Å². The number of carbonyl (C=O) groups excluding carboxylic acids is 1. The molecule has 0 bridgehead atoms. The third-order valence-corrected chi connectivity index (χ3v) is 6.28. The maximum absolute atomic E-state index is 13.3. The fraction of sp³-hybridized carbons (Fsp3) is 0.444. The van der Waals surface area contributed by atoms with Crippen molar-refractivity contribution in [2.24, 2.45) is 5.41 Å². The molecule has 3 rings (SSSR count). The summed E-state index contributed by atoms with van der Waals surface area (Å²) in [5, 5.41) is 18.3. The molecule has 0 saturated heterocycles. The maximum atomic E-state index is 13.3. The molecule has 0 saturated carbocycles. The lowest BCUT2D eigenvalue weighted by Gasteiger charge is -2.33. The van der Waals surface area contributed by atoms with Gasteiger partial charge in [0.2, 0.25) is 0 Å². The van der Waals surface area contributed by atoms with Crippen molar-refractivity contribution in [2.45, 2.75) is 72.6 Å². The van der Waals surface area contributed by atoms with Gasteiger partial charge in [0.05, 0.1) is 17.7 Å². The highest BCUT2D eigenvalue weighted by atomic mass is 16.5. The first-order valence-electron chi connectivity index (χ1n) is 11.7. The number of nitrogens with zero attached hydrogens (tertiary/aromatic N) is 3. The maximum Gasteiger partial charge on any atom is 0.312 e. The van der Waals surface area contributed by atoms with Crippen LogP contribution in [0.5, 0.6) is 0 Å². The second kappa shape index (κ2) is 11.2. The first-order chi connectivity index (χ1) is 15.8. The lowest BCUT2D eigenvalue weighted by atomic mass is 9.72. The predicted molar refractivity (Wildman–Crippen MR) is 128 cm³/mol. The largest absolute Gasteiger partial charge is 0.460 e. The normalized spacial score (nSPS) is 12.5. The Hall–Kier alpha value is -2.99. The molecule has 1 heterocycles. The third kappa shape index (κ3) is 6.29. The minimum absolute atomic E-state index is 0.0311. The van der Waals surface area contributed by atoms with E-state index >= 15 is 0 Å². The Balaban J connectivity index is 1.83. The Bertz CT molecular complexity index is 1040. The van der Waals surface area contributed by atoms with E-state index in [2.05, 4.69) is 23.3 Å². The first kappa shape index (κ1) is 24.6. The van der Waals surface area contributed by atoms with Gasteiger partial charge in [-0.05, 0) is 68.2 Å². The van der Waals surface area contributed by atoms with Gasteiger partial charge in [0.1, 0.15) is 6.61 Å². The van der Waals surface area contributed by atoms with Crippen molar-refractivity contribution >= 4 is 5.97 Å². The number of benzene rings is 2.